The summed E-state index contributed by atoms with van der Waals surface area (Å²) in [4.78, 5) is 14.8. The third-order valence-electron chi connectivity index (χ3n) is 4.71. The second-order valence-corrected chi connectivity index (χ2v) is 6.87. The Morgan fingerprint density at radius 1 is 1.15 bits per heavy atom. The molecule has 0 bridgehead atoms. The molecule has 4 unspecified atom stereocenters. The van der Waals surface area contributed by atoms with Gasteiger partial charge in [-0.1, -0.05) is 53.9 Å². The van der Waals surface area contributed by atoms with E-state index in [4.69, 9.17) is 0 Å². The van der Waals surface area contributed by atoms with E-state index >= 15 is 0 Å². The van der Waals surface area contributed by atoms with Crippen LogP contribution in [0.15, 0.2) is 0 Å². The molecule has 3 nitrogen and oxygen atoms in total. The third-order valence-corrected chi connectivity index (χ3v) is 4.71. The highest BCUT2D eigenvalue weighted by atomic mass is 16.2. The second-order valence-electron chi connectivity index (χ2n) is 6.87. The predicted molar refractivity (Wildman–Crippen MR) is 85.5 cm³/mol. The maximum atomic E-state index is 12.7. The lowest BCUT2D eigenvalue weighted by molar-refractivity contribution is -0.133. The van der Waals surface area contributed by atoms with E-state index in [-0.39, 0.29) is 12.2 Å². The number of amides is 1. The highest BCUT2D eigenvalue weighted by Gasteiger charge is 2.41. The van der Waals surface area contributed by atoms with E-state index in [1.165, 1.54) is 12.8 Å². The van der Waals surface area contributed by atoms with Gasteiger partial charge < -0.3 is 4.90 Å². The second kappa shape index (κ2) is 8.02. The SMILES string of the molecule is CCC(C)C1NC(CC)N(C(C)CCCC(C)C)C1=O. The van der Waals surface area contributed by atoms with E-state index in [1.54, 1.807) is 0 Å². The molecule has 0 aromatic rings. The Morgan fingerprint density at radius 2 is 1.80 bits per heavy atom. The highest BCUT2D eigenvalue weighted by Crippen LogP contribution is 2.25. The fraction of sp³-hybridized carbons (Fsp3) is 0.941. The molecule has 1 N–H and O–H groups in total. The van der Waals surface area contributed by atoms with E-state index in [0.29, 0.717) is 17.9 Å². The van der Waals surface area contributed by atoms with Crippen LogP contribution in [0.4, 0.5) is 0 Å². The molecule has 1 aliphatic rings. The van der Waals surface area contributed by atoms with Crippen LogP contribution in [-0.2, 0) is 4.79 Å². The van der Waals surface area contributed by atoms with Gasteiger partial charge in [-0.3, -0.25) is 10.1 Å². The molecular formula is C17H34N2O. The molecule has 118 valence electrons. The summed E-state index contributed by atoms with van der Waals surface area (Å²) in [5, 5.41) is 3.55. The van der Waals surface area contributed by atoms with E-state index in [1.807, 2.05) is 0 Å². The first kappa shape index (κ1) is 17.5. The Bertz CT molecular complexity index is 303. The van der Waals surface area contributed by atoms with Crippen molar-refractivity contribution >= 4 is 5.91 Å². The Hall–Kier alpha value is -0.570. The zero-order valence-corrected chi connectivity index (χ0v) is 14.3. The van der Waals surface area contributed by atoms with E-state index in [2.05, 4.69) is 51.8 Å². The minimum atomic E-state index is 0.0255. The van der Waals surface area contributed by atoms with Crippen molar-refractivity contribution < 1.29 is 4.79 Å². The van der Waals surface area contributed by atoms with Crippen molar-refractivity contribution in [1.29, 1.82) is 0 Å². The molecule has 0 radical (unpaired) electrons. The first-order chi connectivity index (χ1) is 9.42. The van der Waals surface area contributed by atoms with Crippen molar-refractivity contribution in [3.05, 3.63) is 0 Å². The Morgan fingerprint density at radius 3 is 2.30 bits per heavy atom. The van der Waals surface area contributed by atoms with Crippen molar-refractivity contribution in [1.82, 2.24) is 10.2 Å². The highest BCUT2D eigenvalue weighted by molar-refractivity contribution is 5.84. The molecule has 1 rings (SSSR count). The van der Waals surface area contributed by atoms with E-state index in [0.717, 1.165) is 25.2 Å². The van der Waals surface area contributed by atoms with Gasteiger partial charge in [0.05, 0.1) is 12.2 Å². The van der Waals surface area contributed by atoms with Crippen molar-refractivity contribution in [3.63, 3.8) is 0 Å². The number of rotatable bonds is 8. The van der Waals surface area contributed by atoms with Gasteiger partial charge in [-0.25, -0.2) is 0 Å². The number of nitrogens with zero attached hydrogens (tertiary/aromatic N) is 1. The van der Waals surface area contributed by atoms with Crippen LogP contribution < -0.4 is 5.32 Å². The molecule has 0 spiro atoms. The van der Waals surface area contributed by atoms with Crippen molar-refractivity contribution in [2.24, 2.45) is 11.8 Å². The lowest BCUT2D eigenvalue weighted by Crippen LogP contribution is -2.43. The summed E-state index contributed by atoms with van der Waals surface area (Å²) in [5.74, 6) is 1.50. The Kier molecular flexibility index (Phi) is 7.01. The van der Waals surface area contributed by atoms with Crippen LogP contribution in [0.25, 0.3) is 0 Å². The zero-order valence-electron chi connectivity index (χ0n) is 14.3. The minimum absolute atomic E-state index is 0.0255. The number of carbonyl (C=O) groups is 1. The lowest BCUT2D eigenvalue weighted by Gasteiger charge is -2.30. The topological polar surface area (TPSA) is 32.3 Å². The molecule has 0 aromatic carbocycles. The van der Waals surface area contributed by atoms with Gasteiger partial charge in [0.25, 0.3) is 0 Å². The normalized spacial score (nSPS) is 26.4. The maximum Gasteiger partial charge on any atom is 0.241 e. The summed E-state index contributed by atoms with van der Waals surface area (Å²) in [5.41, 5.74) is 0. The van der Waals surface area contributed by atoms with Crippen LogP contribution in [0.2, 0.25) is 0 Å². The Balaban J connectivity index is 2.63. The Labute approximate surface area is 125 Å². The van der Waals surface area contributed by atoms with E-state index < -0.39 is 0 Å². The standard InChI is InChI=1S/C17H34N2O/c1-7-13(5)16-17(20)19(15(8-2)18-16)14(6)11-9-10-12(3)4/h12-16,18H,7-11H2,1-6H3. The molecule has 1 fully saturated rings. The molecular weight excluding hydrogens is 248 g/mol. The van der Waals surface area contributed by atoms with Crippen molar-refractivity contribution in [2.75, 3.05) is 0 Å². The van der Waals surface area contributed by atoms with Gasteiger partial charge in [0.15, 0.2) is 0 Å². The van der Waals surface area contributed by atoms with Gasteiger partial charge in [0.2, 0.25) is 5.91 Å². The summed E-state index contributed by atoms with van der Waals surface area (Å²) in [6.45, 7) is 13.2. The molecule has 4 atom stereocenters. The minimum Gasteiger partial charge on any atom is -0.323 e. The number of hydrogen-bond acceptors (Lipinski definition) is 2. The molecule has 20 heavy (non-hydrogen) atoms. The summed E-state index contributed by atoms with van der Waals surface area (Å²) < 4.78 is 0. The van der Waals surface area contributed by atoms with Gasteiger partial charge in [0.1, 0.15) is 0 Å². The fourth-order valence-corrected chi connectivity index (χ4v) is 3.12. The van der Waals surface area contributed by atoms with Crippen LogP contribution in [0, 0.1) is 11.8 Å². The van der Waals surface area contributed by atoms with Crippen LogP contribution in [0.5, 0.6) is 0 Å². The number of hydrogen-bond donors (Lipinski definition) is 1. The van der Waals surface area contributed by atoms with Crippen LogP contribution in [-0.4, -0.2) is 29.1 Å². The monoisotopic (exact) mass is 282 g/mol. The van der Waals surface area contributed by atoms with Crippen molar-refractivity contribution in [3.8, 4) is 0 Å². The number of nitrogens with one attached hydrogen (secondary N) is 1. The van der Waals surface area contributed by atoms with Gasteiger partial charge >= 0.3 is 0 Å². The third kappa shape index (κ3) is 4.21. The number of carbonyl (C=O) groups excluding carboxylic acids is 1. The van der Waals surface area contributed by atoms with Crippen LogP contribution in [0.1, 0.15) is 73.6 Å². The van der Waals surface area contributed by atoms with Gasteiger partial charge in [-0.15, -0.1) is 0 Å². The molecule has 3 heteroatoms. The molecule has 1 saturated heterocycles. The van der Waals surface area contributed by atoms with Gasteiger partial charge in [-0.2, -0.15) is 0 Å². The molecule has 0 aliphatic carbocycles. The summed E-state index contributed by atoms with van der Waals surface area (Å²) in [7, 11) is 0. The predicted octanol–water partition coefficient (Wildman–Crippen LogP) is 3.78. The van der Waals surface area contributed by atoms with Crippen molar-refractivity contribution in [2.45, 2.75) is 91.9 Å². The smallest absolute Gasteiger partial charge is 0.241 e. The quantitative estimate of drug-likeness (QED) is 0.734. The first-order valence-corrected chi connectivity index (χ1v) is 8.50. The molecule has 1 amide bonds. The average molecular weight is 282 g/mol. The van der Waals surface area contributed by atoms with Gasteiger partial charge in [0, 0.05) is 6.04 Å². The lowest BCUT2D eigenvalue weighted by atomic mass is 9.98. The fourth-order valence-electron chi connectivity index (χ4n) is 3.12. The summed E-state index contributed by atoms with van der Waals surface area (Å²) in [6.07, 6.45) is 5.87. The molecule has 1 aliphatic heterocycles. The summed E-state index contributed by atoms with van der Waals surface area (Å²) >= 11 is 0. The van der Waals surface area contributed by atoms with Gasteiger partial charge in [-0.05, 0) is 31.6 Å². The summed E-state index contributed by atoms with van der Waals surface area (Å²) in [6, 6.07) is 0.380. The maximum absolute atomic E-state index is 12.7. The first-order valence-electron chi connectivity index (χ1n) is 8.50. The van der Waals surface area contributed by atoms with Crippen LogP contribution >= 0.6 is 0 Å². The van der Waals surface area contributed by atoms with E-state index in [9.17, 15) is 4.79 Å². The zero-order chi connectivity index (χ0) is 15.3. The molecule has 0 saturated carbocycles. The average Bonchev–Trinajstić information content (AvgIpc) is 2.74. The molecule has 0 aromatic heterocycles. The largest absolute Gasteiger partial charge is 0.323 e. The van der Waals surface area contributed by atoms with Crippen LogP contribution in [0.3, 0.4) is 0 Å². The molecule has 1 heterocycles.